The van der Waals surface area contributed by atoms with Gasteiger partial charge in [0.05, 0.1) is 5.60 Å². The van der Waals surface area contributed by atoms with Crippen LogP contribution < -0.4 is 5.32 Å². The van der Waals surface area contributed by atoms with Crippen molar-refractivity contribution in [3.8, 4) is 0 Å². The van der Waals surface area contributed by atoms with E-state index in [2.05, 4.69) is 42.6 Å². The minimum Gasteiger partial charge on any atom is -0.412 e. The monoisotopic (exact) mass is 395 g/mol. The van der Waals surface area contributed by atoms with Crippen molar-refractivity contribution in [2.24, 2.45) is 17.8 Å². The number of hydrogen-bond acceptors (Lipinski definition) is 2. The molecule has 4 saturated carbocycles. The molecule has 2 unspecified atom stereocenters. The summed E-state index contributed by atoms with van der Waals surface area (Å²) in [5, 5.41) is 14.5. The second-order valence-corrected chi connectivity index (χ2v) is 7.52. The molecule has 4 aliphatic rings. The van der Waals surface area contributed by atoms with Crippen molar-refractivity contribution in [1.29, 1.82) is 0 Å². The van der Waals surface area contributed by atoms with Gasteiger partial charge in [-0.05, 0) is 62.3 Å². The summed E-state index contributed by atoms with van der Waals surface area (Å²) in [5.41, 5.74) is 1.06. The zero-order valence-electron chi connectivity index (χ0n) is 13.1. The molecule has 3 nitrogen and oxygen atoms in total. The number of hydrogen-bond donors (Lipinski definition) is 2. The van der Waals surface area contributed by atoms with Crippen molar-refractivity contribution in [2.45, 2.75) is 56.7 Å². The minimum absolute atomic E-state index is 0. The quantitative estimate of drug-likeness (QED) is 0.772. The molecular formula is C18H27NO2Pd. The van der Waals surface area contributed by atoms with Gasteiger partial charge in [-0.2, -0.15) is 0 Å². The molecule has 126 valence electrons. The van der Waals surface area contributed by atoms with E-state index in [1.807, 2.05) is 0 Å². The van der Waals surface area contributed by atoms with Gasteiger partial charge in [0.1, 0.15) is 0 Å². The Morgan fingerprint density at radius 2 is 1.68 bits per heavy atom. The molecule has 4 N–H and O–H groups in total. The zero-order chi connectivity index (χ0) is 13.7. The van der Waals surface area contributed by atoms with Crippen LogP contribution >= 0.6 is 0 Å². The Hall–Kier alpha value is -0.238. The predicted octanol–water partition coefficient (Wildman–Crippen LogP) is 2.45. The molecule has 0 spiro atoms. The first kappa shape index (κ1) is 18.1. The SMILES string of the molecule is C[C@H](NC1C2CC3CC1CC(O)(C3)C2)c1ccccc1.O.[Pd]. The smallest absolute Gasteiger partial charge is 0.0657 e. The first-order valence-electron chi connectivity index (χ1n) is 8.16. The van der Waals surface area contributed by atoms with E-state index in [1.165, 1.54) is 18.4 Å². The summed E-state index contributed by atoms with van der Waals surface area (Å²) in [6.07, 6.45) is 5.79. The van der Waals surface area contributed by atoms with E-state index in [0.717, 1.165) is 25.2 Å². The fourth-order valence-electron chi connectivity index (χ4n) is 5.38. The molecule has 1 aromatic carbocycles. The van der Waals surface area contributed by atoms with Gasteiger partial charge in [-0.3, -0.25) is 0 Å². The van der Waals surface area contributed by atoms with Crippen molar-refractivity contribution in [1.82, 2.24) is 5.32 Å². The van der Waals surface area contributed by atoms with Gasteiger partial charge < -0.3 is 15.9 Å². The average Bonchev–Trinajstić information content (AvgIpc) is 2.42. The molecular weight excluding hydrogens is 369 g/mol. The summed E-state index contributed by atoms with van der Waals surface area (Å²) >= 11 is 0. The van der Waals surface area contributed by atoms with Crippen LogP contribution in [0.3, 0.4) is 0 Å². The average molecular weight is 396 g/mol. The first-order chi connectivity index (χ1) is 9.63. The molecule has 4 bridgehead atoms. The Morgan fingerprint density at radius 3 is 2.23 bits per heavy atom. The van der Waals surface area contributed by atoms with Crippen LogP contribution in [-0.4, -0.2) is 22.2 Å². The minimum atomic E-state index is -0.315. The number of nitrogens with one attached hydrogen (secondary N) is 1. The summed E-state index contributed by atoms with van der Waals surface area (Å²) in [6.45, 7) is 2.27. The Balaban J connectivity index is 0.000000882. The van der Waals surface area contributed by atoms with Crippen LogP contribution in [0, 0.1) is 17.8 Å². The third-order valence-corrected chi connectivity index (χ3v) is 5.98. The van der Waals surface area contributed by atoms with Crippen LogP contribution in [0.25, 0.3) is 0 Å². The van der Waals surface area contributed by atoms with Gasteiger partial charge in [-0.25, -0.2) is 0 Å². The molecule has 4 fully saturated rings. The van der Waals surface area contributed by atoms with Crippen LogP contribution in [0.5, 0.6) is 0 Å². The third kappa shape index (κ3) is 3.18. The van der Waals surface area contributed by atoms with Crippen molar-refractivity contribution in [3.05, 3.63) is 35.9 Å². The molecule has 3 atom stereocenters. The van der Waals surface area contributed by atoms with Crippen LogP contribution in [0.4, 0.5) is 0 Å². The zero-order valence-corrected chi connectivity index (χ0v) is 14.6. The van der Waals surface area contributed by atoms with Gasteiger partial charge in [0, 0.05) is 32.5 Å². The van der Waals surface area contributed by atoms with E-state index in [-0.39, 0.29) is 31.5 Å². The molecule has 0 aliphatic heterocycles. The van der Waals surface area contributed by atoms with E-state index in [1.54, 1.807) is 0 Å². The van der Waals surface area contributed by atoms with Gasteiger partial charge in [-0.15, -0.1) is 0 Å². The van der Waals surface area contributed by atoms with E-state index >= 15 is 0 Å². The number of rotatable bonds is 3. The van der Waals surface area contributed by atoms with Crippen molar-refractivity contribution >= 4 is 0 Å². The second kappa shape index (κ2) is 6.71. The molecule has 5 rings (SSSR count). The Morgan fingerprint density at radius 1 is 1.09 bits per heavy atom. The molecule has 0 aromatic heterocycles. The molecule has 1 aromatic rings. The number of benzene rings is 1. The maximum atomic E-state index is 10.6. The fourth-order valence-corrected chi connectivity index (χ4v) is 5.38. The maximum Gasteiger partial charge on any atom is 0.0657 e. The van der Waals surface area contributed by atoms with Crippen molar-refractivity contribution < 1.29 is 31.0 Å². The van der Waals surface area contributed by atoms with Gasteiger partial charge in [0.25, 0.3) is 0 Å². The van der Waals surface area contributed by atoms with Gasteiger partial charge in [0.15, 0.2) is 0 Å². The summed E-state index contributed by atoms with van der Waals surface area (Å²) in [5.74, 6) is 2.18. The number of aliphatic hydroxyl groups is 1. The molecule has 0 saturated heterocycles. The van der Waals surface area contributed by atoms with Crippen LogP contribution in [0.2, 0.25) is 0 Å². The summed E-state index contributed by atoms with van der Waals surface area (Å²) in [6, 6.07) is 11.8. The summed E-state index contributed by atoms with van der Waals surface area (Å²) < 4.78 is 0. The van der Waals surface area contributed by atoms with Gasteiger partial charge in [-0.1, -0.05) is 30.3 Å². The third-order valence-electron chi connectivity index (χ3n) is 5.98. The molecule has 4 heteroatoms. The summed E-state index contributed by atoms with van der Waals surface area (Å²) in [4.78, 5) is 0. The van der Waals surface area contributed by atoms with Crippen molar-refractivity contribution in [3.63, 3.8) is 0 Å². The molecule has 22 heavy (non-hydrogen) atoms. The van der Waals surface area contributed by atoms with Crippen LogP contribution in [0.1, 0.15) is 50.6 Å². The normalized spacial score (nSPS) is 39.7. The molecule has 0 amide bonds. The largest absolute Gasteiger partial charge is 0.412 e. The fraction of sp³-hybridized carbons (Fsp3) is 0.667. The Labute approximate surface area is 146 Å². The molecule has 4 aliphatic carbocycles. The molecule has 0 radical (unpaired) electrons. The van der Waals surface area contributed by atoms with Crippen LogP contribution in [0.15, 0.2) is 30.3 Å². The standard InChI is InChI=1S/C18H25NO.H2O.Pd/c1-12(14-5-3-2-4-6-14)19-17-15-7-13-8-16(17)11-18(20,9-13)10-15;;/h2-6,12-13,15-17,19-20H,7-11H2,1H3;1H2;/t12-,13?,15?,16?,17?,18?;;/m0../s1. The van der Waals surface area contributed by atoms with E-state index in [9.17, 15) is 5.11 Å². The van der Waals surface area contributed by atoms with Gasteiger partial charge in [0.2, 0.25) is 0 Å². The maximum absolute atomic E-state index is 10.6. The first-order valence-corrected chi connectivity index (χ1v) is 8.16. The second-order valence-electron chi connectivity index (χ2n) is 7.52. The topological polar surface area (TPSA) is 63.8 Å². The van der Waals surface area contributed by atoms with E-state index in [4.69, 9.17) is 0 Å². The van der Waals surface area contributed by atoms with E-state index < -0.39 is 0 Å². The summed E-state index contributed by atoms with van der Waals surface area (Å²) in [7, 11) is 0. The van der Waals surface area contributed by atoms with Crippen molar-refractivity contribution in [2.75, 3.05) is 0 Å². The van der Waals surface area contributed by atoms with Gasteiger partial charge >= 0.3 is 0 Å². The van der Waals surface area contributed by atoms with E-state index in [0.29, 0.717) is 23.9 Å². The Bertz CT molecular complexity index is 479. The Kier molecular flexibility index (Phi) is 5.52. The predicted molar refractivity (Wildman–Crippen MR) is 83.9 cm³/mol. The van der Waals surface area contributed by atoms with Crippen LogP contribution in [-0.2, 0) is 20.4 Å². The molecule has 0 heterocycles.